The summed E-state index contributed by atoms with van der Waals surface area (Å²) in [5.41, 5.74) is 0.889. The van der Waals surface area contributed by atoms with Crippen molar-refractivity contribution >= 4 is 28.4 Å². The number of hydrogen-bond donors (Lipinski definition) is 0. The van der Waals surface area contributed by atoms with Crippen molar-refractivity contribution in [3.63, 3.8) is 0 Å². The van der Waals surface area contributed by atoms with E-state index in [4.69, 9.17) is 16.0 Å². The summed E-state index contributed by atoms with van der Waals surface area (Å²) < 4.78 is 5.88. The molecule has 0 radical (unpaired) electrons. The third-order valence-electron chi connectivity index (χ3n) is 3.39. The summed E-state index contributed by atoms with van der Waals surface area (Å²) in [6.45, 7) is 2.06. The number of anilines is 1. The van der Waals surface area contributed by atoms with Crippen molar-refractivity contribution in [3.8, 4) is 0 Å². The molecule has 0 fully saturated rings. The van der Waals surface area contributed by atoms with E-state index in [1.165, 1.54) is 6.20 Å². The number of para-hydroxylation sites is 1. The molecule has 20 heavy (non-hydrogen) atoms. The van der Waals surface area contributed by atoms with Gasteiger partial charge in [0.25, 0.3) is 0 Å². The first-order valence-electron chi connectivity index (χ1n) is 6.34. The van der Waals surface area contributed by atoms with Gasteiger partial charge in [-0.3, -0.25) is 4.98 Å². The molecule has 0 aliphatic carbocycles. The van der Waals surface area contributed by atoms with E-state index in [-0.39, 0.29) is 6.04 Å². The van der Waals surface area contributed by atoms with Crippen molar-refractivity contribution in [3.05, 3.63) is 53.6 Å². The van der Waals surface area contributed by atoms with Gasteiger partial charge < -0.3 is 9.32 Å². The second-order valence-electron chi connectivity index (χ2n) is 4.67. The van der Waals surface area contributed by atoms with Crippen LogP contribution in [0.3, 0.4) is 0 Å². The van der Waals surface area contributed by atoms with Gasteiger partial charge in [0.05, 0.1) is 18.4 Å². The molecule has 2 aromatic heterocycles. The fourth-order valence-corrected chi connectivity index (χ4v) is 2.24. The van der Waals surface area contributed by atoms with Crippen molar-refractivity contribution in [2.24, 2.45) is 0 Å². The van der Waals surface area contributed by atoms with Gasteiger partial charge in [-0.2, -0.15) is 0 Å². The molecule has 0 aliphatic heterocycles. The molecular weight excluding hydrogens is 274 g/mol. The predicted molar refractivity (Wildman–Crippen MR) is 80.1 cm³/mol. The van der Waals surface area contributed by atoms with Gasteiger partial charge >= 0.3 is 0 Å². The lowest BCUT2D eigenvalue weighted by atomic mass is 10.2. The number of benzene rings is 1. The highest BCUT2D eigenvalue weighted by Gasteiger charge is 2.18. The third-order valence-corrected chi connectivity index (χ3v) is 3.57. The number of rotatable bonds is 3. The molecule has 0 saturated heterocycles. The standard InChI is InChI=1S/C15H14ClN3O/c1-10(19(2)15-9-17-8-14(16)18-15)13-7-11-5-3-4-6-12(11)20-13/h3-10H,1-2H3. The average Bonchev–Trinajstić information content (AvgIpc) is 2.89. The van der Waals surface area contributed by atoms with Gasteiger partial charge in [-0.15, -0.1) is 0 Å². The lowest BCUT2D eigenvalue weighted by Crippen LogP contribution is -2.22. The number of furan rings is 1. The van der Waals surface area contributed by atoms with Crippen LogP contribution in [-0.2, 0) is 0 Å². The Morgan fingerprint density at radius 2 is 2.05 bits per heavy atom. The quantitative estimate of drug-likeness (QED) is 0.728. The minimum atomic E-state index is 0.0372. The zero-order valence-corrected chi connectivity index (χ0v) is 12.0. The molecule has 0 N–H and O–H groups in total. The molecule has 0 saturated carbocycles. The van der Waals surface area contributed by atoms with Crippen LogP contribution in [0.25, 0.3) is 11.0 Å². The highest BCUT2D eigenvalue weighted by Crippen LogP contribution is 2.28. The van der Waals surface area contributed by atoms with Gasteiger partial charge in [-0.1, -0.05) is 29.8 Å². The summed E-state index contributed by atoms with van der Waals surface area (Å²) in [6, 6.07) is 10.0. The Kier molecular flexibility index (Phi) is 3.32. The Hall–Kier alpha value is -2.07. The second kappa shape index (κ2) is 5.13. The van der Waals surface area contributed by atoms with Gasteiger partial charge in [0.2, 0.25) is 0 Å². The van der Waals surface area contributed by atoms with Crippen molar-refractivity contribution < 1.29 is 4.42 Å². The largest absolute Gasteiger partial charge is 0.459 e. The van der Waals surface area contributed by atoms with E-state index in [1.807, 2.05) is 36.2 Å². The fourth-order valence-electron chi connectivity index (χ4n) is 2.10. The Morgan fingerprint density at radius 3 is 2.80 bits per heavy atom. The normalized spacial score (nSPS) is 12.6. The summed E-state index contributed by atoms with van der Waals surface area (Å²) in [6.07, 6.45) is 3.20. The van der Waals surface area contributed by atoms with Crippen LogP contribution in [0.1, 0.15) is 18.7 Å². The summed E-state index contributed by atoms with van der Waals surface area (Å²) in [5, 5.41) is 1.48. The van der Waals surface area contributed by atoms with Crippen LogP contribution in [0.4, 0.5) is 5.82 Å². The van der Waals surface area contributed by atoms with Crippen LogP contribution in [0.15, 0.2) is 47.1 Å². The predicted octanol–water partition coefficient (Wildman–Crippen LogP) is 4.07. The fraction of sp³-hybridized carbons (Fsp3) is 0.200. The molecule has 1 atom stereocenters. The highest BCUT2D eigenvalue weighted by molar-refractivity contribution is 6.29. The van der Waals surface area contributed by atoms with Gasteiger partial charge in [0.15, 0.2) is 0 Å². The van der Waals surface area contributed by atoms with Crippen molar-refractivity contribution in [1.82, 2.24) is 9.97 Å². The van der Waals surface area contributed by atoms with E-state index in [0.717, 1.165) is 16.7 Å². The maximum atomic E-state index is 5.88. The van der Waals surface area contributed by atoms with Crippen LogP contribution < -0.4 is 4.90 Å². The van der Waals surface area contributed by atoms with Gasteiger partial charge in [0, 0.05) is 12.4 Å². The van der Waals surface area contributed by atoms with Gasteiger partial charge in [0.1, 0.15) is 22.3 Å². The number of fused-ring (bicyclic) bond motifs is 1. The van der Waals surface area contributed by atoms with E-state index in [0.29, 0.717) is 11.0 Å². The van der Waals surface area contributed by atoms with Gasteiger partial charge in [-0.05, 0) is 19.1 Å². The molecule has 102 valence electrons. The number of halogens is 1. The zero-order valence-electron chi connectivity index (χ0n) is 11.2. The van der Waals surface area contributed by atoms with Crippen LogP contribution in [0.5, 0.6) is 0 Å². The maximum absolute atomic E-state index is 5.88. The van der Waals surface area contributed by atoms with E-state index < -0.39 is 0 Å². The number of aromatic nitrogens is 2. The SMILES string of the molecule is CC(c1cc2ccccc2o1)N(C)c1cncc(Cl)n1. The lowest BCUT2D eigenvalue weighted by Gasteiger charge is -2.23. The van der Waals surface area contributed by atoms with Crippen LogP contribution in [0, 0.1) is 0 Å². The van der Waals surface area contributed by atoms with E-state index in [9.17, 15) is 0 Å². The Labute approximate surface area is 122 Å². The Balaban J connectivity index is 1.93. The molecule has 5 heteroatoms. The second-order valence-corrected chi connectivity index (χ2v) is 5.06. The minimum absolute atomic E-state index is 0.0372. The van der Waals surface area contributed by atoms with E-state index >= 15 is 0 Å². The van der Waals surface area contributed by atoms with Gasteiger partial charge in [-0.25, -0.2) is 4.98 Å². The van der Waals surface area contributed by atoms with Crippen molar-refractivity contribution in [1.29, 1.82) is 0 Å². The lowest BCUT2D eigenvalue weighted by molar-refractivity contribution is 0.500. The maximum Gasteiger partial charge on any atom is 0.149 e. The van der Waals surface area contributed by atoms with Crippen LogP contribution in [0.2, 0.25) is 5.15 Å². The zero-order chi connectivity index (χ0) is 14.1. The molecule has 1 aromatic carbocycles. The molecule has 3 rings (SSSR count). The topological polar surface area (TPSA) is 42.2 Å². The molecule has 4 nitrogen and oxygen atoms in total. The molecular formula is C15H14ClN3O. The molecule has 2 heterocycles. The molecule has 3 aromatic rings. The molecule has 0 amide bonds. The third kappa shape index (κ3) is 2.34. The highest BCUT2D eigenvalue weighted by atomic mass is 35.5. The monoisotopic (exact) mass is 287 g/mol. The molecule has 0 spiro atoms. The Bertz CT molecular complexity index is 708. The van der Waals surface area contributed by atoms with Crippen molar-refractivity contribution in [2.45, 2.75) is 13.0 Å². The minimum Gasteiger partial charge on any atom is -0.459 e. The van der Waals surface area contributed by atoms with Crippen molar-refractivity contribution in [2.75, 3.05) is 11.9 Å². The Morgan fingerprint density at radius 1 is 1.25 bits per heavy atom. The van der Waals surface area contributed by atoms with E-state index in [1.54, 1.807) is 6.20 Å². The summed E-state index contributed by atoms with van der Waals surface area (Å²) in [4.78, 5) is 10.3. The average molecular weight is 288 g/mol. The first-order chi connectivity index (χ1) is 9.65. The first kappa shape index (κ1) is 12.9. The first-order valence-corrected chi connectivity index (χ1v) is 6.72. The summed E-state index contributed by atoms with van der Waals surface area (Å²) in [7, 11) is 1.94. The van der Waals surface area contributed by atoms with Crippen LogP contribution in [-0.4, -0.2) is 17.0 Å². The number of hydrogen-bond acceptors (Lipinski definition) is 4. The van der Waals surface area contributed by atoms with Crippen LogP contribution >= 0.6 is 11.6 Å². The molecule has 1 unspecified atom stereocenters. The summed E-state index contributed by atoms with van der Waals surface area (Å²) >= 11 is 5.88. The molecule has 0 aliphatic rings. The molecule has 0 bridgehead atoms. The summed E-state index contributed by atoms with van der Waals surface area (Å²) in [5.74, 6) is 1.60. The van der Waals surface area contributed by atoms with E-state index in [2.05, 4.69) is 23.0 Å². The number of nitrogens with zero attached hydrogens (tertiary/aromatic N) is 3. The smallest absolute Gasteiger partial charge is 0.149 e.